The van der Waals surface area contributed by atoms with E-state index in [1.165, 1.54) is 4.90 Å². The highest BCUT2D eigenvalue weighted by Crippen LogP contribution is 2.47. The molecule has 12 heteroatoms. The minimum atomic E-state index is -1.10. The molecule has 3 saturated heterocycles. The number of hydrogen-bond donors (Lipinski definition) is 2. The highest BCUT2D eigenvalue weighted by atomic mass is 16.6. The van der Waals surface area contributed by atoms with Gasteiger partial charge in [0.05, 0.1) is 31.9 Å². The van der Waals surface area contributed by atoms with Gasteiger partial charge in [-0.05, 0) is 59.4 Å². The first kappa shape index (κ1) is 24.4. The standard InChI is InChI=1S/C20H33N5O7/c1-18(2,3)32-17(29)24-13(10-30-19(24,4)5)8-12-6-7-20(11-27)15(14(9-26)22-23-21)31-16(28)25(12)20/h12-15,26-27H,6-11H2,1-5H3/t12-,13+,14+,15+,20+/m1/s1. The molecule has 0 saturated carbocycles. The predicted molar refractivity (Wildman–Crippen MR) is 111 cm³/mol. The molecule has 5 atom stereocenters. The lowest BCUT2D eigenvalue weighted by atomic mass is 9.87. The first-order valence-corrected chi connectivity index (χ1v) is 10.8. The fourth-order valence-electron chi connectivity index (χ4n) is 5.13. The van der Waals surface area contributed by atoms with Gasteiger partial charge in [-0.3, -0.25) is 9.80 Å². The number of cyclic esters (lactones) is 1. The molecule has 0 aromatic heterocycles. The van der Waals surface area contributed by atoms with Crippen molar-refractivity contribution in [3.8, 4) is 0 Å². The predicted octanol–water partition coefficient (Wildman–Crippen LogP) is 2.13. The number of azide groups is 1. The summed E-state index contributed by atoms with van der Waals surface area (Å²) in [5, 5.41) is 23.5. The number of carbonyl (C=O) groups is 2. The normalized spacial score (nSPS) is 32.3. The van der Waals surface area contributed by atoms with E-state index in [0.29, 0.717) is 19.3 Å². The second-order valence-electron chi connectivity index (χ2n) is 10.1. The smallest absolute Gasteiger partial charge is 0.412 e. The fraction of sp³-hybridized carbons (Fsp3) is 0.900. The van der Waals surface area contributed by atoms with Gasteiger partial charge in [0.1, 0.15) is 23.0 Å². The van der Waals surface area contributed by atoms with Crippen molar-refractivity contribution in [3.63, 3.8) is 0 Å². The van der Waals surface area contributed by atoms with Crippen LogP contribution in [0.25, 0.3) is 10.4 Å². The molecule has 3 aliphatic heterocycles. The zero-order valence-corrected chi connectivity index (χ0v) is 19.2. The maximum Gasteiger partial charge on any atom is 0.412 e. The molecule has 0 spiro atoms. The Morgan fingerprint density at radius 1 is 1.38 bits per heavy atom. The largest absolute Gasteiger partial charge is 0.444 e. The van der Waals surface area contributed by atoms with E-state index in [0.717, 1.165) is 0 Å². The maximum atomic E-state index is 12.9. The van der Waals surface area contributed by atoms with Gasteiger partial charge in [0.2, 0.25) is 0 Å². The molecule has 0 aromatic rings. The average Bonchev–Trinajstić information content (AvgIpc) is 3.29. The van der Waals surface area contributed by atoms with Crippen molar-refractivity contribution in [2.45, 2.75) is 95.0 Å². The summed E-state index contributed by atoms with van der Waals surface area (Å²) in [4.78, 5) is 31.5. The summed E-state index contributed by atoms with van der Waals surface area (Å²) in [7, 11) is 0. The summed E-state index contributed by atoms with van der Waals surface area (Å²) >= 11 is 0. The van der Waals surface area contributed by atoms with Gasteiger partial charge in [-0.25, -0.2) is 9.59 Å². The molecule has 0 radical (unpaired) electrons. The minimum Gasteiger partial charge on any atom is -0.444 e. The summed E-state index contributed by atoms with van der Waals surface area (Å²) in [5.41, 5.74) is 6.16. The van der Waals surface area contributed by atoms with E-state index in [2.05, 4.69) is 10.0 Å². The van der Waals surface area contributed by atoms with Crippen molar-refractivity contribution >= 4 is 12.2 Å². The topological polar surface area (TPSA) is 158 Å². The van der Waals surface area contributed by atoms with E-state index < -0.39 is 54.4 Å². The van der Waals surface area contributed by atoms with Crippen LogP contribution in [0.5, 0.6) is 0 Å². The number of nitrogens with zero attached hydrogens (tertiary/aromatic N) is 5. The van der Waals surface area contributed by atoms with Gasteiger partial charge in [-0.15, -0.1) is 0 Å². The van der Waals surface area contributed by atoms with Gasteiger partial charge in [0.15, 0.2) is 0 Å². The van der Waals surface area contributed by atoms with Gasteiger partial charge < -0.3 is 24.4 Å². The van der Waals surface area contributed by atoms with E-state index in [1.54, 1.807) is 39.5 Å². The SMILES string of the molecule is CC(C)(C)OC(=O)N1[C@@H](C[C@H]2CC[C@]3(CO)[C@H]([C@H](CO)N=[N+]=[N-])OC(=O)N23)COC1(C)C. The molecule has 12 nitrogen and oxygen atoms in total. The Balaban J connectivity index is 1.83. The van der Waals surface area contributed by atoms with Gasteiger partial charge in [-0.2, -0.15) is 0 Å². The molecule has 3 heterocycles. The Morgan fingerprint density at radius 2 is 2.06 bits per heavy atom. The van der Waals surface area contributed by atoms with E-state index in [4.69, 9.17) is 19.7 Å². The number of aliphatic hydroxyl groups excluding tert-OH is 2. The molecule has 2 amide bonds. The van der Waals surface area contributed by atoms with Crippen LogP contribution in [-0.4, -0.2) is 93.1 Å². The van der Waals surface area contributed by atoms with Crippen LogP contribution in [0.4, 0.5) is 9.59 Å². The summed E-state index contributed by atoms with van der Waals surface area (Å²) in [6.07, 6.45) is -0.742. The number of hydrogen-bond acceptors (Lipinski definition) is 8. The zero-order chi connectivity index (χ0) is 23.9. The lowest BCUT2D eigenvalue weighted by molar-refractivity contribution is -0.0632. The van der Waals surface area contributed by atoms with Crippen LogP contribution in [0.15, 0.2) is 5.11 Å². The first-order chi connectivity index (χ1) is 14.9. The second-order valence-corrected chi connectivity index (χ2v) is 10.1. The number of rotatable bonds is 6. The fourth-order valence-corrected chi connectivity index (χ4v) is 5.13. The van der Waals surface area contributed by atoms with Gasteiger partial charge in [0, 0.05) is 11.0 Å². The Morgan fingerprint density at radius 3 is 2.62 bits per heavy atom. The lowest BCUT2D eigenvalue weighted by Gasteiger charge is -2.38. The molecule has 3 rings (SSSR count). The van der Waals surface area contributed by atoms with Crippen LogP contribution < -0.4 is 0 Å². The molecule has 0 aliphatic carbocycles. The average molecular weight is 456 g/mol. The van der Waals surface area contributed by atoms with Crippen molar-refractivity contribution in [3.05, 3.63) is 10.4 Å². The molecule has 0 unspecified atom stereocenters. The van der Waals surface area contributed by atoms with Crippen molar-refractivity contribution in [2.75, 3.05) is 19.8 Å². The number of amides is 2. The van der Waals surface area contributed by atoms with E-state index in [1.807, 2.05) is 0 Å². The number of carbonyl (C=O) groups excluding carboxylic acids is 2. The Labute approximate surface area is 187 Å². The van der Waals surface area contributed by atoms with E-state index in [-0.39, 0.29) is 18.7 Å². The third kappa shape index (κ3) is 4.19. The number of aliphatic hydroxyl groups is 2. The molecule has 180 valence electrons. The molecular weight excluding hydrogens is 422 g/mol. The van der Waals surface area contributed by atoms with Gasteiger partial charge >= 0.3 is 12.2 Å². The summed E-state index contributed by atoms with van der Waals surface area (Å²) < 4.78 is 16.9. The van der Waals surface area contributed by atoms with Crippen LogP contribution in [-0.2, 0) is 14.2 Å². The van der Waals surface area contributed by atoms with Crippen molar-refractivity contribution in [1.29, 1.82) is 0 Å². The molecule has 32 heavy (non-hydrogen) atoms. The van der Waals surface area contributed by atoms with Crippen molar-refractivity contribution in [2.24, 2.45) is 5.11 Å². The molecule has 0 aromatic carbocycles. The van der Waals surface area contributed by atoms with Crippen LogP contribution >= 0.6 is 0 Å². The highest BCUT2D eigenvalue weighted by Gasteiger charge is 2.63. The number of ether oxygens (including phenoxy) is 3. The molecule has 2 N–H and O–H groups in total. The van der Waals surface area contributed by atoms with E-state index >= 15 is 0 Å². The Bertz CT molecular complexity index is 794. The van der Waals surface area contributed by atoms with Crippen molar-refractivity contribution < 1.29 is 34.0 Å². The summed E-state index contributed by atoms with van der Waals surface area (Å²) in [5.74, 6) is 0. The first-order valence-electron chi connectivity index (χ1n) is 10.8. The van der Waals surface area contributed by atoms with Gasteiger partial charge in [-0.1, -0.05) is 5.11 Å². The van der Waals surface area contributed by atoms with Crippen LogP contribution in [0.1, 0.15) is 53.9 Å². The third-order valence-electron chi connectivity index (χ3n) is 6.43. The van der Waals surface area contributed by atoms with Crippen molar-refractivity contribution in [1.82, 2.24) is 9.80 Å². The third-order valence-corrected chi connectivity index (χ3v) is 6.43. The van der Waals surface area contributed by atoms with Crippen LogP contribution in [0.3, 0.4) is 0 Å². The summed E-state index contributed by atoms with van der Waals surface area (Å²) in [6, 6.07) is -1.69. The van der Waals surface area contributed by atoms with Crippen LogP contribution in [0, 0.1) is 0 Å². The van der Waals surface area contributed by atoms with Crippen LogP contribution in [0.2, 0.25) is 0 Å². The quantitative estimate of drug-likeness (QED) is 0.353. The Hall–Kier alpha value is -2.27. The second kappa shape index (κ2) is 8.58. The molecular formula is C20H33N5O7. The van der Waals surface area contributed by atoms with Gasteiger partial charge in [0.25, 0.3) is 0 Å². The lowest BCUT2D eigenvalue weighted by Crippen LogP contribution is -2.56. The highest BCUT2D eigenvalue weighted by molar-refractivity contribution is 5.73. The maximum absolute atomic E-state index is 12.9. The molecule has 0 bridgehead atoms. The number of fused-ring (bicyclic) bond motifs is 1. The zero-order valence-electron chi connectivity index (χ0n) is 19.2. The summed E-state index contributed by atoms with van der Waals surface area (Å²) in [6.45, 7) is 8.30. The monoisotopic (exact) mass is 455 g/mol. The molecule has 3 aliphatic rings. The Kier molecular flexibility index (Phi) is 6.54. The van der Waals surface area contributed by atoms with E-state index in [9.17, 15) is 19.8 Å². The minimum absolute atomic E-state index is 0.277. The molecule has 3 fully saturated rings.